The fourth-order valence-corrected chi connectivity index (χ4v) is 2.47. The molecular formula is C15H22ClNO3. The maximum absolute atomic E-state index is 10.4. The van der Waals surface area contributed by atoms with Crippen molar-refractivity contribution < 1.29 is 14.6 Å². The van der Waals surface area contributed by atoms with Crippen LogP contribution in [0.15, 0.2) is 24.3 Å². The highest BCUT2D eigenvalue weighted by molar-refractivity contribution is 6.30. The molecule has 112 valence electrons. The van der Waals surface area contributed by atoms with E-state index in [1.54, 1.807) is 0 Å². The molecule has 0 aliphatic carbocycles. The first-order valence-corrected chi connectivity index (χ1v) is 7.32. The molecule has 1 heterocycles. The second-order valence-corrected chi connectivity index (χ2v) is 5.81. The number of ether oxygens (including phenoxy) is 2. The third-order valence-electron chi connectivity index (χ3n) is 3.54. The van der Waals surface area contributed by atoms with Gasteiger partial charge in [0.15, 0.2) is 0 Å². The Balaban J connectivity index is 1.69. The minimum Gasteiger partial charge on any atom is -0.492 e. The van der Waals surface area contributed by atoms with Crippen molar-refractivity contribution in [3.63, 3.8) is 0 Å². The maximum Gasteiger partial charge on any atom is 0.119 e. The minimum absolute atomic E-state index is 0.588. The standard InChI is InChI=1S/C15H22ClNO3/c1-17(12-15(18)6-9-19-10-7-15)8-11-20-14-4-2-13(16)3-5-14/h2-5,18H,6-12H2,1H3. The summed E-state index contributed by atoms with van der Waals surface area (Å²) in [7, 11) is 2.00. The Morgan fingerprint density at radius 3 is 2.60 bits per heavy atom. The smallest absolute Gasteiger partial charge is 0.119 e. The van der Waals surface area contributed by atoms with E-state index < -0.39 is 5.60 Å². The predicted octanol–water partition coefficient (Wildman–Crippen LogP) is 2.19. The average molecular weight is 300 g/mol. The topological polar surface area (TPSA) is 41.9 Å². The fraction of sp³-hybridized carbons (Fsp3) is 0.600. The summed E-state index contributed by atoms with van der Waals surface area (Å²) in [5.74, 6) is 0.813. The van der Waals surface area contributed by atoms with Crippen molar-refractivity contribution in [3.8, 4) is 5.75 Å². The van der Waals surface area contributed by atoms with Gasteiger partial charge in [0.1, 0.15) is 12.4 Å². The number of rotatable bonds is 6. The lowest BCUT2D eigenvalue weighted by Gasteiger charge is -2.35. The van der Waals surface area contributed by atoms with Gasteiger partial charge in [0.25, 0.3) is 0 Å². The Bertz CT molecular complexity index is 404. The third-order valence-corrected chi connectivity index (χ3v) is 3.80. The maximum atomic E-state index is 10.4. The molecule has 0 aromatic heterocycles. The summed E-state index contributed by atoms with van der Waals surface area (Å²) in [5.41, 5.74) is -0.618. The number of hydrogen-bond donors (Lipinski definition) is 1. The quantitative estimate of drug-likeness (QED) is 0.874. The lowest BCUT2D eigenvalue weighted by Crippen LogP contribution is -2.46. The highest BCUT2D eigenvalue weighted by Gasteiger charge is 2.30. The van der Waals surface area contributed by atoms with Crippen molar-refractivity contribution >= 4 is 11.6 Å². The molecule has 0 radical (unpaired) electrons. The molecule has 0 atom stereocenters. The Labute approximate surface area is 125 Å². The van der Waals surface area contributed by atoms with Gasteiger partial charge in [-0.05, 0) is 31.3 Å². The van der Waals surface area contributed by atoms with Crippen LogP contribution in [0.4, 0.5) is 0 Å². The molecule has 4 nitrogen and oxygen atoms in total. The summed E-state index contributed by atoms with van der Waals surface area (Å²) < 4.78 is 10.9. The molecule has 0 amide bonds. The summed E-state index contributed by atoms with van der Waals surface area (Å²) in [5, 5.41) is 11.1. The molecule has 1 aliphatic rings. The van der Waals surface area contributed by atoms with Crippen LogP contribution in [0.25, 0.3) is 0 Å². The van der Waals surface area contributed by atoms with Gasteiger partial charge in [-0.3, -0.25) is 0 Å². The predicted molar refractivity (Wildman–Crippen MR) is 79.4 cm³/mol. The van der Waals surface area contributed by atoms with Crippen LogP contribution in [-0.2, 0) is 4.74 Å². The molecule has 0 saturated carbocycles. The third kappa shape index (κ3) is 4.94. The first kappa shape index (κ1) is 15.6. The Morgan fingerprint density at radius 2 is 1.95 bits per heavy atom. The van der Waals surface area contributed by atoms with Crippen LogP contribution in [0.2, 0.25) is 5.02 Å². The van der Waals surface area contributed by atoms with Gasteiger partial charge in [-0.15, -0.1) is 0 Å². The van der Waals surface area contributed by atoms with E-state index in [9.17, 15) is 5.11 Å². The zero-order chi connectivity index (χ0) is 14.4. The van der Waals surface area contributed by atoms with E-state index in [0.29, 0.717) is 44.2 Å². The van der Waals surface area contributed by atoms with Gasteiger partial charge in [-0.2, -0.15) is 0 Å². The molecular weight excluding hydrogens is 278 g/mol. The average Bonchev–Trinajstić information content (AvgIpc) is 2.41. The SMILES string of the molecule is CN(CCOc1ccc(Cl)cc1)CC1(O)CCOCC1. The number of nitrogens with zero attached hydrogens (tertiary/aromatic N) is 1. The molecule has 0 bridgehead atoms. The highest BCUT2D eigenvalue weighted by atomic mass is 35.5. The Kier molecular flexibility index (Phi) is 5.66. The molecule has 20 heavy (non-hydrogen) atoms. The number of hydrogen-bond acceptors (Lipinski definition) is 4. The van der Waals surface area contributed by atoms with E-state index in [4.69, 9.17) is 21.1 Å². The van der Waals surface area contributed by atoms with Crippen LogP contribution in [0.1, 0.15) is 12.8 Å². The second kappa shape index (κ2) is 7.27. The second-order valence-electron chi connectivity index (χ2n) is 5.38. The van der Waals surface area contributed by atoms with Crippen molar-refractivity contribution in [1.82, 2.24) is 4.90 Å². The number of benzene rings is 1. The van der Waals surface area contributed by atoms with Crippen LogP contribution in [-0.4, -0.2) is 55.6 Å². The molecule has 1 aliphatic heterocycles. The molecule has 1 aromatic carbocycles. The van der Waals surface area contributed by atoms with Gasteiger partial charge in [-0.25, -0.2) is 0 Å². The molecule has 1 aromatic rings. The van der Waals surface area contributed by atoms with Gasteiger partial charge >= 0.3 is 0 Å². The molecule has 0 spiro atoms. The monoisotopic (exact) mass is 299 g/mol. The molecule has 1 N–H and O–H groups in total. The largest absolute Gasteiger partial charge is 0.492 e. The van der Waals surface area contributed by atoms with Gasteiger partial charge in [0, 0.05) is 44.2 Å². The Morgan fingerprint density at radius 1 is 1.30 bits per heavy atom. The lowest BCUT2D eigenvalue weighted by atomic mass is 9.94. The molecule has 1 saturated heterocycles. The van der Waals surface area contributed by atoms with Crippen molar-refractivity contribution in [2.24, 2.45) is 0 Å². The fourth-order valence-electron chi connectivity index (χ4n) is 2.34. The van der Waals surface area contributed by atoms with E-state index in [-0.39, 0.29) is 0 Å². The summed E-state index contributed by atoms with van der Waals surface area (Å²) in [6.45, 7) is 3.30. The van der Waals surface area contributed by atoms with E-state index in [1.807, 2.05) is 31.3 Å². The van der Waals surface area contributed by atoms with E-state index >= 15 is 0 Å². The highest BCUT2D eigenvalue weighted by Crippen LogP contribution is 2.21. The van der Waals surface area contributed by atoms with Gasteiger partial charge in [-0.1, -0.05) is 11.6 Å². The summed E-state index contributed by atoms with van der Waals surface area (Å²) in [4.78, 5) is 2.10. The molecule has 2 rings (SSSR count). The van der Waals surface area contributed by atoms with Gasteiger partial charge in [0.05, 0.1) is 5.60 Å². The van der Waals surface area contributed by atoms with E-state index in [0.717, 1.165) is 12.3 Å². The van der Waals surface area contributed by atoms with Crippen molar-refractivity contribution in [2.45, 2.75) is 18.4 Å². The van der Waals surface area contributed by atoms with Crippen molar-refractivity contribution in [1.29, 1.82) is 0 Å². The lowest BCUT2D eigenvalue weighted by molar-refractivity contribution is -0.0775. The first-order valence-electron chi connectivity index (χ1n) is 6.94. The van der Waals surface area contributed by atoms with E-state index in [1.165, 1.54) is 0 Å². The van der Waals surface area contributed by atoms with Gasteiger partial charge < -0.3 is 19.5 Å². The van der Waals surface area contributed by atoms with Crippen molar-refractivity contribution in [2.75, 3.05) is 40.0 Å². The number of halogens is 1. The summed E-state index contributed by atoms with van der Waals surface area (Å²) in [6, 6.07) is 7.33. The normalized spacial score (nSPS) is 18.2. The van der Waals surface area contributed by atoms with E-state index in [2.05, 4.69) is 4.90 Å². The van der Waals surface area contributed by atoms with Crippen LogP contribution in [0.3, 0.4) is 0 Å². The zero-order valence-electron chi connectivity index (χ0n) is 11.8. The van der Waals surface area contributed by atoms with Crippen LogP contribution >= 0.6 is 11.6 Å². The number of aliphatic hydroxyl groups is 1. The summed E-state index contributed by atoms with van der Waals surface area (Å²) >= 11 is 5.82. The van der Waals surface area contributed by atoms with Gasteiger partial charge in [0.2, 0.25) is 0 Å². The number of likely N-dealkylation sites (N-methyl/N-ethyl adjacent to an activating group) is 1. The zero-order valence-corrected chi connectivity index (χ0v) is 12.6. The van der Waals surface area contributed by atoms with Crippen LogP contribution in [0, 0.1) is 0 Å². The first-order chi connectivity index (χ1) is 9.57. The molecule has 1 fully saturated rings. The minimum atomic E-state index is -0.618. The van der Waals surface area contributed by atoms with Crippen molar-refractivity contribution in [3.05, 3.63) is 29.3 Å². The molecule has 0 unspecified atom stereocenters. The summed E-state index contributed by atoms with van der Waals surface area (Å²) in [6.07, 6.45) is 1.41. The van der Waals surface area contributed by atoms with Crippen LogP contribution < -0.4 is 4.74 Å². The molecule has 5 heteroatoms. The Hall–Kier alpha value is -0.810. The van der Waals surface area contributed by atoms with Crippen LogP contribution in [0.5, 0.6) is 5.75 Å².